The highest BCUT2D eigenvalue weighted by Crippen LogP contribution is 2.22. The molecule has 1 rings (SSSR count). The van der Waals surface area contributed by atoms with Gasteiger partial charge in [0.05, 0.1) is 12.7 Å². The van der Waals surface area contributed by atoms with Gasteiger partial charge in [-0.2, -0.15) is 0 Å². The summed E-state index contributed by atoms with van der Waals surface area (Å²) in [5, 5.41) is 9.58. The number of epoxide rings is 1. The number of rotatable bonds is 5. The first-order valence-corrected chi connectivity index (χ1v) is 4.07. The molecule has 3 heteroatoms. The van der Waals surface area contributed by atoms with Gasteiger partial charge in [-0.15, -0.1) is 0 Å². The monoisotopic (exact) mass is 170 g/mol. The van der Waals surface area contributed by atoms with E-state index >= 15 is 0 Å². The third-order valence-corrected chi connectivity index (χ3v) is 2.07. The molecule has 0 spiro atoms. The van der Waals surface area contributed by atoms with Crippen molar-refractivity contribution in [2.24, 2.45) is 0 Å². The highest BCUT2D eigenvalue weighted by Gasteiger charge is 2.31. The van der Waals surface area contributed by atoms with E-state index in [0.29, 0.717) is 6.42 Å². The van der Waals surface area contributed by atoms with Gasteiger partial charge in [0.25, 0.3) is 0 Å². The fourth-order valence-electron chi connectivity index (χ4n) is 1.02. The second-order valence-electron chi connectivity index (χ2n) is 3.34. The van der Waals surface area contributed by atoms with E-state index < -0.39 is 5.60 Å². The largest absolute Gasteiger partial charge is 0.382 e. The second-order valence-corrected chi connectivity index (χ2v) is 3.34. The molecule has 0 bridgehead atoms. The number of ketones is 1. The Labute approximate surface area is 72.0 Å². The van der Waals surface area contributed by atoms with Crippen LogP contribution in [0.15, 0.2) is 12.7 Å². The molecule has 1 N–H and O–H groups in total. The van der Waals surface area contributed by atoms with E-state index in [4.69, 9.17) is 4.74 Å². The molecule has 1 aliphatic rings. The van der Waals surface area contributed by atoms with Crippen LogP contribution in [0.25, 0.3) is 0 Å². The van der Waals surface area contributed by atoms with Crippen LogP contribution in [0.3, 0.4) is 0 Å². The van der Waals surface area contributed by atoms with Crippen LogP contribution in [0.1, 0.15) is 19.8 Å². The third-order valence-electron chi connectivity index (χ3n) is 2.07. The first-order chi connectivity index (χ1) is 5.56. The Morgan fingerprint density at radius 1 is 1.92 bits per heavy atom. The van der Waals surface area contributed by atoms with Gasteiger partial charge in [0, 0.05) is 0 Å². The number of hydrogen-bond acceptors (Lipinski definition) is 3. The maximum Gasteiger partial charge on any atom is 0.186 e. The summed E-state index contributed by atoms with van der Waals surface area (Å²) in [6, 6.07) is 0. The average Bonchev–Trinajstić information content (AvgIpc) is 2.82. The van der Waals surface area contributed by atoms with Crippen LogP contribution in [-0.4, -0.2) is 29.2 Å². The van der Waals surface area contributed by atoms with Crippen molar-refractivity contribution in [1.29, 1.82) is 0 Å². The molecule has 0 saturated carbocycles. The molecular weight excluding hydrogens is 156 g/mol. The summed E-state index contributed by atoms with van der Waals surface area (Å²) >= 11 is 0. The second kappa shape index (κ2) is 3.37. The van der Waals surface area contributed by atoms with Crippen molar-refractivity contribution in [3.8, 4) is 0 Å². The highest BCUT2D eigenvalue weighted by atomic mass is 16.6. The lowest BCUT2D eigenvalue weighted by Gasteiger charge is -2.18. The number of hydrogen-bond donors (Lipinski definition) is 1. The minimum atomic E-state index is -1.26. The first kappa shape index (κ1) is 9.42. The Morgan fingerprint density at radius 2 is 2.50 bits per heavy atom. The molecule has 1 fully saturated rings. The standard InChI is InChI=1S/C9H14O3/c1-3-8(10)9(2,11)5-4-7-6-12-7/h3,7,11H,1,4-6H2,2H3. The van der Waals surface area contributed by atoms with E-state index in [9.17, 15) is 9.90 Å². The van der Waals surface area contributed by atoms with Gasteiger partial charge in [-0.25, -0.2) is 0 Å². The SMILES string of the molecule is C=CC(=O)C(C)(O)CCC1CO1. The molecule has 2 atom stereocenters. The first-order valence-electron chi connectivity index (χ1n) is 4.07. The molecule has 2 unspecified atom stereocenters. The van der Waals surface area contributed by atoms with Gasteiger partial charge in [0.1, 0.15) is 5.60 Å². The normalized spacial score (nSPS) is 26.0. The molecule has 0 aromatic rings. The minimum absolute atomic E-state index is 0.258. The quantitative estimate of drug-likeness (QED) is 0.487. The molecule has 0 aromatic carbocycles. The number of aliphatic hydroxyl groups is 1. The van der Waals surface area contributed by atoms with Crippen LogP contribution in [0.4, 0.5) is 0 Å². The van der Waals surface area contributed by atoms with Gasteiger partial charge in [0.15, 0.2) is 5.78 Å². The topological polar surface area (TPSA) is 49.8 Å². The van der Waals surface area contributed by atoms with Crippen LogP contribution in [0.2, 0.25) is 0 Å². The van der Waals surface area contributed by atoms with E-state index in [2.05, 4.69) is 6.58 Å². The fraction of sp³-hybridized carbons (Fsp3) is 0.667. The molecule has 1 aliphatic heterocycles. The van der Waals surface area contributed by atoms with Crippen molar-refractivity contribution in [2.45, 2.75) is 31.5 Å². The van der Waals surface area contributed by atoms with Gasteiger partial charge in [-0.1, -0.05) is 6.58 Å². The van der Waals surface area contributed by atoms with Gasteiger partial charge in [0.2, 0.25) is 0 Å². The van der Waals surface area contributed by atoms with Crippen LogP contribution < -0.4 is 0 Å². The zero-order valence-corrected chi connectivity index (χ0v) is 7.25. The van der Waals surface area contributed by atoms with Crippen LogP contribution in [0, 0.1) is 0 Å². The molecule has 0 aliphatic carbocycles. The highest BCUT2D eigenvalue weighted by molar-refractivity contribution is 5.95. The van der Waals surface area contributed by atoms with Crippen LogP contribution >= 0.6 is 0 Å². The van der Waals surface area contributed by atoms with E-state index in [-0.39, 0.29) is 11.9 Å². The Balaban J connectivity index is 2.34. The van der Waals surface area contributed by atoms with E-state index in [1.165, 1.54) is 6.92 Å². The van der Waals surface area contributed by atoms with E-state index in [0.717, 1.165) is 19.1 Å². The van der Waals surface area contributed by atoms with Crippen LogP contribution in [0.5, 0.6) is 0 Å². The number of carbonyl (C=O) groups is 1. The van der Waals surface area contributed by atoms with E-state index in [1.54, 1.807) is 0 Å². The summed E-state index contributed by atoms with van der Waals surface area (Å²) in [5.74, 6) is -0.317. The molecule has 0 aromatic heterocycles. The molecule has 12 heavy (non-hydrogen) atoms. The Bertz CT molecular complexity index is 192. The Kier molecular flexibility index (Phi) is 2.65. The molecule has 0 radical (unpaired) electrons. The number of ether oxygens (including phenoxy) is 1. The zero-order chi connectivity index (χ0) is 9.19. The van der Waals surface area contributed by atoms with Crippen molar-refractivity contribution in [1.82, 2.24) is 0 Å². The van der Waals surface area contributed by atoms with E-state index in [1.807, 2.05) is 0 Å². The van der Waals surface area contributed by atoms with Gasteiger partial charge >= 0.3 is 0 Å². The summed E-state index contributed by atoms with van der Waals surface area (Å²) < 4.78 is 4.97. The Hall–Kier alpha value is -0.670. The van der Waals surface area contributed by atoms with Crippen LogP contribution in [-0.2, 0) is 9.53 Å². The van der Waals surface area contributed by atoms with Crippen molar-refractivity contribution in [3.63, 3.8) is 0 Å². The molecular formula is C9H14O3. The minimum Gasteiger partial charge on any atom is -0.382 e. The van der Waals surface area contributed by atoms with Crippen molar-refractivity contribution in [2.75, 3.05) is 6.61 Å². The molecule has 1 saturated heterocycles. The average molecular weight is 170 g/mol. The fourth-order valence-corrected chi connectivity index (χ4v) is 1.02. The summed E-state index contributed by atoms with van der Waals surface area (Å²) in [6.45, 7) is 5.60. The van der Waals surface area contributed by atoms with Crippen molar-refractivity contribution in [3.05, 3.63) is 12.7 Å². The third kappa shape index (κ3) is 2.43. The zero-order valence-electron chi connectivity index (χ0n) is 7.25. The summed E-state index contributed by atoms with van der Waals surface area (Å²) in [6.07, 6.45) is 2.61. The van der Waals surface area contributed by atoms with Gasteiger partial charge in [-0.05, 0) is 25.8 Å². The summed E-state index contributed by atoms with van der Waals surface area (Å²) in [4.78, 5) is 11.1. The van der Waals surface area contributed by atoms with Gasteiger partial charge < -0.3 is 9.84 Å². The molecule has 1 heterocycles. The predicted octanol–water partition coefficient (Wildman–Crippen LogP) is 0.671. The predicted molar refractivity (Wildman–Crippen MR) is 44.8 cm³/mol. The van der Waals surface area contributed by atoms with Crippen molar-refractivity contribution < 1.29 is 14.6 Å². The lowest BCUT2D eigenvalue weighted by atomic mass is 9.94. The van der Waals surface area contributed by atoms with Gasteiger partial charge in [-0.3, -0.25) is 4.79 Å². The summed E-state index contributed by atoms with van der Waals surface area (Å²) in [7, 11) is 0. The lowest BCUT2D eigenvalue weighted by molar-refractivity contribution is -0.131. The molecule has 0 amide bonds. The Morgan fingerprint density at radius 3 is 2.92 bits per heavy atom. The molecule has 3 nitrogen and oxygen atoms in total. The van der Waals surface area contributed by atoms with Crippen molar-refractivity contribution >= 4 is 5.78 Å². The lowest BCUT2D eigenvalue weighted by Crippen LogP contribution is -2.33. The number of carbonyl (C=O) groups excluding carboxylic acids is 1. The summed E-state index contributed by atoms with van der Waals surface area (Å²) in [5.41, 5.74) is -1.26. The molecule has 68 valence electrons. The maximum absolute atomic E-state index is 11.1. The smallest absolute Gasteiger partial charge is 0.186 e. The maximum atomic E-state index is 11.1.